The summed E-state index contributed by atoms with van der Waals surface area (Å²) in [6.07, 6.45) is 9.00. The Morgan fingerprint density at radius 2 is 1.81 bits per heavy atom. The van der Waals surface area contributed by atoms with Crippen LogP contribution in [0.3, 0.4) is 0 Å². The number of carbonyl (C=O) groups excluding carboxylic acids is 1. The van der Waals surface area contributed by atoms with Gasteiger partial charge in [-0.2, -0.15) is 0 Å². The van der Waals surface area contributed by atoms with Gasteiger partial charge >= 0.3 is 0 Å². The Labute approximate surface area is 127 Å². The number of amidine groups is 1. The van der Waals surface area contributed by atoms with Crippen LogP contribution in [-0.2, 0) is 4.79 Å². The quantitative estimate of drug-likeness (QED) is 0.276. The van der Waals surface area contributed by atoms with Gasteiger partial charge in [0.1, 0.15) is 5.41 Å². The summed E-state index contributed by atoms with van der Waals surface area (Å²) in [5.74, 6) is 0.948. The molecule has 5 nitrogen and oxygen atoms in total. The molecule has 1 aliphatic heterocycles. The monoisotopic (exact) mass is 295 g/mol. The molecule has 1 amide bonds. The van der Waals surface area contributed by atoms with E-state index < -0.39 is 5.41 Å². The smallest absolute Gasteiger partial charge is 0.236 e. The second-order valence-corrected chi connectivity index (χ2v) is 6.63. The maximum Gasteiger partial charge on any atom is 0.236 e. The normalized spacial score (nSPS) is 24.6. The standard InChI is InChI=1S/C16H29N3O2/c1-2-13-7-11-19(12-8-13)15(20)16(14(17)18-21)9-5-3-4-6-10-16/h13,21H,2-12H2,1H3,(H2,17,18). The molecule has 5 heteroatoms. The summed E-state index contributed by atoms with van der Waals surface area (Å²) in [7, 11) is 0. The van der Waals surface area contributed by atoms with Crippen LogP contribution in [-0.4, -0.2) is 34.9 Å². The van der Waals surface area contributed by atoms with Crippen molar-refractivity contribution >= 4 is 11.7 Å². The molecule has 2 rings (SSSR count). The first-order valence-corrected chi connectivity index (χ1v) is 8.41. The van der Waals surface area contributed by atoms with Gasteiger partial charge in [0.25, 0.3) is 0 Å². The van der Waals surface area contributed by atoms with E-state index in [-0.39, 0.29) is 11.7 Å². The summed E-state index contributed by atoms with van der Waals surface area (Å²) in [5.41, 5.74) is 5.21. The number of likely N-dealkylation sites (tertiary alicyclic amines) is 1. The number of hydrogen-bond acceptors (Lipinski definition) is 3. The van der Waals surface area contributed by atoms with Crippen molar-refractivity contribution in [1.29, 1.82) is 0 Å². The largest absolute Gasteiger partial charge is 0.409 e. The van der Waals surface area contributed by atoms with Crippen LogP contribution in [0.15, 0.2) is 5.16 Å². The molecule has 0 atom stereocenters. The van der Waals surface area contributed by atoms with E-state index in [1.807, 2.05) is 4.90 Å². The number of carbonyl (C=O) groups is 1. The van der Waals surface area contributed by atoms with Crippen LogP contribution in [0.5, 0.6) is 0 Å². The van der Waals surface area contributed by atoms with Crippen LogP contribution >= 0.6 is 0 Å². The molecule has 2 aliphatic rings. The van der Waals surface area contributed by atoms with Gasteiger partial charge in [0.05, 0.1) is 0 Å². The topological polar surface area (TPSA) is 78.9 Å². The molecule has 0 spiro atoms. The fourth-order valence-corrected chi connectivity index (χ4v) is 3.85. The average molecular weight is 295 g/mol. The highest BCUT2D eigenvalue weighted by Crippen LogP contribution is 2.38. The molecule has 1 aliphatic carbocycles. The van der Waals surface area contributed by atoms with Crippen LogP contribution in [0.2, 0.25) is 0 Å². The molecular formula is C16H29N3O2. The Balaban J connectivity index is 2.15. The molecule has 1 saturated heterocycles. The van der Waals surface area contributed by atoms with Gasteiger partial charge in [0.2, 0.25) is 5.91 Å². The third-order valence-corrected chi connectivity index (χ3v) is 5.44. The number of rotatable bonds is 3. The minimum absolute atomic E-state index is 0.0919. The van der Waals surface area contributed by atoms with E-state index in [0.717, 1.165) is 70.4 Å². The lowest BCUT2D eigenvalue weighted by molar-refractivity contribution is -0.140. The number of hydrogen-bond donors (Lipinski definition) is 2. The number of nitrogens with two attached hydrogens (primary N) is 1. The van der Waals surface area contributed by atoms with Gasteiger partial charge in [-0.25, -0.2) is 0 Å². The van der Waals surface area contributed by atoms with Crippen molar-refractivity contribution in [3.05, 3.63) is 0 Å². The zero-order valence-electron chi connectivity index (χ0n) is 13.2. The lowest BCUT2D eigenvalue weighted by Crippen LogP contribution is -2.53. The van der Waals surface area contributed by atoms with Gasteiger partial charge < -0.3 is 15.8 Å². The minimum atomic E-state index is -0.760. The SMILES string of the molecule is CCC1CCN(C(=O)C2(C(N)=NO)CCCCCC2)CC1. The molecule has 1 heterocycles. The highest BCUT2D eigenvalue weighted by atomic mass is 16.4. The third-order valence-electron chi connectivity index (χ3n) is 5.44. The van der Waals surface area contributed by atoms with E-state index in [4.69, 9.17) is 10.9 Å². The summed E-state index contributed by atoms with van der Waals surface area (Å²) in [6.45, 7) is 3.85. The Morgan fingerprint density at radius 3 is 2.29 bits per heavy atom. The lowest BCUT2D eigenvalue weighted by Gasteiger charge is -2.39. The number of piperidine rings is 1. The van der Waals surface area contributed by atoms with E-state index in [9.17, 15) is 4.79 Å². The van der Waals surface area contributed by atoms with Crippen LogP contribution in [0.25, 0.3) is 0 Å². The van der Waals surface area contributed by atoms with Gasteiger partial charge in [0, 0.05) is 13.1 Å². The molecule has 0 unspecified atom stereocenters. The van der Waals surface area contributed by atoms with E-state index in [0.29, 0.717) is 0 Å². The fourth-order valence-electron chi connectivity index (χ4n) is 3.85. The predicted octanol–water partition coefficient (Wildman–Crippen LogP) is 2.72. The Hall–Kier alpha value is -1.26. The molecular weight excluding hydrogens is 266 g/mol. The highest BCUT2D eigenvalue weighted by Gasteiger charge is 2.45. The zero-order chi connectivity index (χ0) is 15.3. The molecule has 0 aromatic carbocycles. The molecule has 0 aromatic heterocycles. The first kappa shape index (κ1) is 16.1. The first-order chi connectivity index (χ1) is 10.1. The van der Waals surface area contributed by atoms with Crippen molar-refractivity contribution in [3.63, 3.8) is 0 Å². The summed E-state index contributed by atoms with van der Waals surface area (Å²) in [6, 6.07) is 0. The van der Waals surface area contributed by atoms with Gasteiger partial charge in [0.15, 0.2) is 5.84 Å². The lowest BCUT2D eigenvalue weighted by atomic mass is 9.77. The molecule has 2 fully saturated rings. The summed E-state index contributed by atoms with van der Waals surface area (Å²) >= 11 is 0. The minimum Gasteiger partial charge on any atom is -0.409 e. The van der Waals surface area contributed by atoms with Crippen molar-refractivity contribution < 1.29 is 10.0 Å². The molecule has 1 saturated carbocycles. The maximum absolute atomic E-state index is 13.1. The molecule has 120 valence electrons. The summed E-state index contributed by atoms with van der Waals surface area (Å²) in [5, 5.41) is 12.4. The molecule has 0 bridgehead atoms. The van der Waals surface area contributed by atoms with E-state index in [1.54, 1.807) is 0 Å². The van der Waals surface area contributed by atoms with Crippen molar-refractivity contribution in [1.82, 2.24) is 4.90 Å². The van der Waals surface area contributed by atoms with Gasteiger partial charge in [-0.3, -0.25) is 4.79 Å². The predicted molar refractivity (Wildman–Crippen MR) is 83.1 cm³/mol. The van der Waals surface area contributed by atoms with Crippen molar-refractivity contribution in [2.45, 2.75) is 64.7 Å². The van der Waals surface area contributed by atoms with Gasteiger partial charge in [-0.05, 0) is 31.6 Å². The second-order valence-electron chi connectivity index (χ2n) is 6.63. The maximum atomic E-state index is 13.1. The van der Waals surface area contributed by atoms with Crippen LogP contribution in [0, 0.1) is 11.3 Å². The van der Waals surface area contributed by atoms with Gasteiger partial charge in [-0.15, -0.1) is 0 Å². The van der Waals surface area contributed by atoms with Crippen molar-refractivity contribution in [3.8, 4) is 0 Å². The van der Waals surface area contributed by atoms with Crippen molar-refractivity contribution in [2.75, 3.05) is 13.1 Å². The Bertz CT molecular complexity index is 379. The zero-order valence-corrected chi connectivity index (χ0v) is 13.2. The molecule has 0 radical (unpaired) electrons. The Kier molecular flexibility index (Phi) is 5.48. The molecule has 21 heavy (non-hydrogen) atoms. The van der Waals surface area contributed by atoms with E-state index >= 15 is 0 Å². The average Bonchev–Trinajstić information content (AvgIpc) is 2.80. The molecule has 0 aromatic rings. The van der Waals surface area contributed by atoms with Crippen LogP contribution in [0.1, 0.15) is 64.7 Å². The second kappa shape index (κ2) is 7.14. The first-order valence-electron chi connectivity index (χ1n) is 8.41. The fraction of sp³-hybridized carbons (Fsp3) is 0.875. The highest BCUT2D eigenvalue weighted by molar-refractivity contribution is 6.06. The Morgan fingerprint density at radius 1 is 1.24 bits per heavy atom. The van der Waals surface area contributed by atoms with E-state index in [2.05, 4.69) is 12.1 Å². The number of nitrogens with zero attached hydrogens (tertiary/aromatic N) is 2. The van der Waals surface area contributed by atoms with E-state index in [1.165, 1.54) is 6.42 Å². The van der Waals surface area contributed by atoms with Crippen LogP contribution in [0.4, 0.5) is 0 Å². The van der Waals surface area contributed by atoms with Crippen molar-refractivity contribution in [2.24, 2.45) is 22.2 Å². The summed E-state index contributed by atoms with van der Waals surface area (Å²) in [4.78, 5) is 15.0. The summed E-state index contributed by atoms with van der Waals surface area (Å²) < 4.78 is 0. The van der Waals surface area contributed by atoms with Crippen LogP contribution < -0.4 is 5.73 Å². The molecule has 3 N–H and O–H groups in total. The number of oxime groups is 1. The number of amides is 1. The third kappa shape index (κ3) is 3.33. The van der Waals surface area contributed by atoms with Gasteiger partial charge in [-0.1, -0.05) is 44.2 Å².